The summed E-state index contributed by atoms with van der Waals surface area (Å²) in [7, 11) is -3.67. The lowest BCUT2D eigenvalue weighted by atomic mass is 10.0. The Bertz CT molecular complexity index is 1180. The molecule has 0 saturated heterocycles. The van der Waals surface area contributed by atoms with Crippen molar-refractivity contribution in [3.63, 3.8) is 0 Å². The first-order chi connectivity index (χ1) is 14.4. The van der Waals surface area contributed by atoms with Gasteiger partial charge in [-0.15, -0.1) is 0 Å². The van der Waals surface area contributed by atoms with Gasteiger partial charge in [0, 0.05) is 17.9 Å². The average Bonchev–Trinajstić information content (AvgIpc) is 2.74. The van der Waals surface area contributed by atoms with Gasteiger partial charge in [0.25, 0.3) is 10.0 Å². The van der Waals surface area contributed by atoms with Gasteiger partial charge in [-0.1, -0.05) is 36.4 Å². The molecule has 154 valence electrons. The number of fused-ring (bicyclic) bond motifs is 1. The van der Waals surface area contributed by atoms with Crippen LogP contribution in [0.5, 0.6) is 0 Å². The summed E-state index contributed by atoms with van der Waals surface area (Å²) in [5.74, 6) is 0. The number of aryl methyl sites for hydroxylation is 2. The molecule has 0 aliphatic carbocycles. The van der Waals surface area contributed by atoms with Gasteiger partial charge in [-0.05, 0) is 67.3 Å². The standard InChI is InChI=1S/C23H23N3O3S/c1-17-7-5-9-19(15-17)24-23(27)25-20-13-12-18-8-6-14-26(22(18)16-20)30(28,29)21-10-3-2-4-11-21/h2-5,7,9-13,15-16H,6,8,14H2,1H3,(H2,24,25,27). The van der Waals surface area contributed by atoms with Gasteiger partial charge in [-0.25, -0.2) is 13.2 Å². The van der Waals surface area contributed by atoms with E-state index in [1.807, 2.05) is 37.3 Å². The Morgan fingerprint density at radius 1 is 0.900 bits per heavy atom. The largest absolute Gasteiger partial charge is 0.323 e. The summed E-state index contributed by atoms with van der Waals surface area (Å²) in [6.45, 7) is 2.36. The molecule has 0 bridgehead atoms. The van der Waals surface area contributed by atoms with Crippen LogP contribution in [0.4, 0.5) is 21.9 Å². The Kier molecular flexibility index (Phi) is 5.46. The van der Waals surface area contributed by atoms with E-state index in [-0.39, 0.29) is 10.9 Å². The summed E-state index contributed by atoms with van der Waals surface area (Å²) in [6, 6.07) is 21.0. The number of nitrogens with one attached hydrogen (secondary N) is 2. The van der Waals surface area contributed by atoms with Crippen LogP contribution in [0.3, 0.4) is 0 Å². The number of hydrogen-bond acceptors (Lipinski definition) is 3. The fraction of sp³-hybridized carbons (Fsp3) is 0.174. The van der Waals surface area contributed by atoms with Crippen LogP contribution in [0.1, 0.15) is 17.5 Å². The summed E-state index contributed by atoms with van der Waals surface area (Å²) in [5, 5.41) is 5.60. The van der Waals surface area contributed by atoms with Gasteiger partial charge in [0.2, 0.25) is 0 Å². The fourth-order valence-electron chi connectivity index (χ4n) is 3.60. The summed E-state index contributed by atoms with van der Waals surface area (Å²) in [5.41, 5.74) is 3.83. The second-order valence-corrected chi connectivity index (χ2v) is 9.15. The monoisotopic (exact) mass is 421 g/mol. The van der Waals surface area contributed by atoms with Gasteiger partial charge in [0.05, 0.1) is 10.6 Å². The molecule has 30 heavy (non-hydrogen) atoms. The van der Waals surface area contributed by atoms with Crippen molar-refractivity contribution in [2.45, 2.75) is 24.7 Å². The van der Waals surface area contributed by atoms with E-state index in [0.29, 0.717) is 23.6 Å². The SMILES string of the molecule is Cc1cccc(NC(=O)Nc2ccc3c(c2)N(S(=O)(=O)c2ccccc2)CCC3)c1. The van der Waals surface area contributed by atoms with Gasteiger partial charge >= 0.3 is 6.03 Å². The highest BCUT2D eigenvalue weighted by molar-refractivity contribution is 7.92. The summed E-state index contributed by atoms with van der Waals surface area (Å²) >= 11 is 0. The lowest BCUT2D eigenvalue weighted by Gasteiger charge is -2.31. The third-order valence-corrected chi connectivity index (χ3v) is 6.85. The number of carbonyl (C=O) groups excluding carboxylic acids is 1. The van der Waals surface area contributed by atoms with Crippen molar-refractivity contribution in [1.29, 1.82) is 0 Å². The van der Waals surface area contributed by atoms with E-state index in [1.165, 1.54) is 4.31 Å². The Balaban J connectivity index is 1.59. The zero-order chi connectivity index (χ0) is 21.1. The minimum Gasteiger partial charge on any atom is -0.308 e. The van der Waals surface area contributed by atoms with Crippen LogP contribution < -0.4 is 14.9 Å². The Labute approximate surface area is 176 Å². The molecule has 0 radical (unpaired) electrons. The number of benzene rings is 3. The lowest BCUT2D eigenvalue weighted by Crippen LogP contribution is -2.35. The van der Waals surface area contributed by atoms with Crippen molar-refractivity contribution in [3.8, 4) is 0 Å². The first-order valence-electron chi connectivity index (χ1n) is 9.79. The molecule has 1 heterocycles. The number of urea groups is 1. The smallest absolute Gasteiger partial charge is 0.308 e. The predicted molar refractivity (Wildman–Crippen MR) is 120 cm³/mol. The third kappa shape index (κ3) is 4.16. The molecule has 1 aliphatic rings. The molecule has 0 fully saturated rings. The van der Waals surface area contributed by atoms with E-state index >= 15 is 0 Å². The molecule has 6 nitrogen and oxygen atoms in total. The number of carbonyl (C=O) groups is 1. The van der Waals surface area contributed by atoms with Gasteiger partial charge in [0.15, 0.2) is 0 Å². The van der Waals surface area contributed by atoms with Crippen LogP contribution in [0.15, 0.2) is 77.7 Å². The normalized spacial score (nSPS) is 13.4. The Morgan fingerprint density at radius 3 is 2.37 bits per heavy atom. The lowest BCUT2D eigenvalue weighted by molar-refractivity contribution is 0.262. The molecule has 2 amide bonds. The van der Waals surface area contributed by atoms with Crippen molar-refractivity contribution in [3.05, 3.63) is 83.9 Å². The number of nitrogens with zero attached hydrogens (tertiary/aromatic N) is 1. The van der Waals surface area contributed by atoms with Gasteiger partial charge < -0.3 is 10.6 Å². The van der Waals surface area contributed by atoms with Crippen molar-refractivity contribution in [2.24, 2.45) is 0 Å². The molecule has 7 heteroatoms. The van der Waals surface area contributed by atoms with Crippen molar-refractivity contribution in [1.82, 2.24) is 0 Å². The maximum Gasteiger partial charge on any atom is 0.323 e. The highest BCUT2D eigenvalue weighted by Crippen LogP contribution is 2.34. The maximum atomic E-state index is 13.2. The van der Waals surface area contributed by atoms with Gasteiger partial charge in [-0.3, -0.25) is 4.31 Å². The second-order valence-electron chi connectivity index (χ2n) is 7.29. The van der Waals surface area contributed by atoms with Crippen LogP contribution in [-0.2, 0) is 16.4 Å². The summed E-state index contributed by atoms with van der Waals surface area (Å²) < 4.78 is 27.8. The minimum atomic E-state index is -3.67. The van der Waals surface area contributed by atoms with Crippen LogP contribution in [0, 0.1) is 6.92 Å². The molecular formula is C23H23N3O3S. The number of rotatable bonds is 4. The molecule has 3 aromatic rings. The van der Waals surface area contributed by atoms with E-state index in [1.54, 1.807) is 42.5 Å². The minimum absolute atomic E-state index is 0.258. The van der Waals surface area contributed by atoms with Crippen LogP contribution in [0.2, 0.25) is 0 Å². The fourth-order valence-corrected chi connectivity index (χ4v) is 5.16. The topological polar surface area (TPSA) is 78.5 Å². The van der Waals surface area contributed by atoms with Gasteiger partial charge in [-0.2, -0.15) is 0 Å². The maximum absolute atomic E-state index is 13.2. The van der Waals surface area contributed by atoms with Crippen molar-refractivity contribution in [2.75, 3.05) is 21.5 Å². The number of sulfonamides is 1. The van der Waals surface area contributed by atoms with E-state index in [4.69, 9.17) is 0 Å². The first kappa shape index (κ1) is 20.0. The molecule has 1 aliphatic heterocycles. The molecule has 0 unspecified atom stereocenters. The van der Waals surface area contributed by atoms with Crippen LogP contribution in [0.25, 0.3) is 0 Å². The van der Waals surface area contributed by atoms with E-state index in [0.717, 1.165) is 24.0 Å². The summed E-state index contributed by atoms with van der Waals surface area (Å²) in [4.78, 5) is 12.7. The van der Waals surface area contributed by atoms with Gasteiger partial charge in [0.1, 0.15) is 0 Å². The van der Waals surface area contributed by atoms with E-state index in [9.17, 15) is 13.2 Å². The third-order valence-electron chi connectivity index (χ3n) is 5.03. The van der Waals surface area contributed by atoms with E-state index in [2.05, 4.69) is 10.6 Å². The highest BCUT2D eigenvalue weighted by atomic mass is 32.2. The molecule has 0 aromatic heterocycles. The Morgan fingerprint density at radius 2 is 1.63 bits per heavy atom. The Hall–Kier alpha value is -3.32. The molecule has 0 spiro atoms. The van der Waals surface area contributed by atoms with Crippen LogP contribution >= 0.6 is 0 Å². The zero-order valence-corrected chi connectivity index (χ0v) is 17.4. The zero-order valence-electron chi connectivity index (χ0n) is 16.6. The van der Waals surface area contributed by atoms with Crippen LogP contribution in [-0.4, -0.2) is 21.0 Å². The molecule has 2 N–H and O–H groups in total. The average molecular weight is 422 g/mol. The van der Waals surface area contributed by atoms with Crippen molar-refractivity contribution < 1.29 is 13.2 Å². The second kappa shape index (κ2) is 8.20. The quantitative estimate of drug-likeness (QED) is 0.636. The molecule has 3 aromatic carbocycles. The number of amides is 2. The predicted octanol–water partition coefficient (Wildman–Crippen LogP) is 4.78. The van der Waals surface area contributed by atoms with E-state index < -0.39 is 10.0 Å². The number of hydrogen-bond donors (Lipinski definition) is 2. The molecular weight excluding hydrogens is 398 g/mol. The number of anilines is 3. The van der Waals surface area contributed by atoms with Crippen molar-refractivity contribution >= 4 is 33.1 Å². The highest BCUT2D eigenvalue weighted by Gasteiger charge is 2.29. The molecule has 0 atom stereocenters. The summed E-state index contributed by atoms with van der Waals surface area (Å²) in [6.07, 6.45) is 1.55. The molecule has 4 rings (SSSR count). The first-order valence-corrected chi connectivity index (χ1v) is 11.2. The molecule has 0 saturated carbocycles.